The lowest BCUT2D eigenvalue weighted by atomic mass is 10.2. The fourth-order valence-corrected chi connectivity index (χ4v) is 2.45. The number of carbonyl (C=O) groups is 2. The van der Waals surface area contributed by atoms with Gasteiger partial charge in [-0.1, -0.05) is 0 Å². The minimum Gasteiger partial charge on any atom is -0.494 e. The summed E-state index contributed by atoms with van der Waals surface area (Å²) in [6, 6.07) is 12.2. The van der Waals surface area contributed by atoms with Gasteiger partial charge in [-0.25, -0.2) is 0 Å². The molecule has 0 saturated heterocycles. The third-order valence-electron chi connectivity index (χ3n) is 3.90. The third kappa shape index (κ3) is 6.24. The van der Waals surface area contributed by atoms with Gasteiger partial charge in [0, 0.05) is 11.1 Å². The molecule has 0 aliphatic rings. The summed E-state index contributed by atoms with van der Waals surface area (Å²) in [7, 11) is 1.56. The van der Waals surface area contributed by atoms with E-state index in [0.717, 1.165) is 44.0 Å². The maximum atomic E-state index is 10.8. The topological polar surface area (TPSA) is 61.8 Å². The highest BCUT2D eigenvalue weighted by molar-refractivity contribution is 5.76. The molecule has 0 radical (unpaired) electrons. The molecule has 0 unspecified atom stereocenters. The number of methoxy groups -OCH3 is 1. The summed E-state index contributed by atoms with van der Waals surface area (Å²) in [6.07, 6.45) is 5.60. The number of hydrogen-bond donors (Lipinski definition) is 0. The Morgan fingerprint density at radius 1 is 0.731 bits per heavy atom. The van der Waals surface area contributed by atoms with Crippen LogP contribution in [0.15, 0.2) is 42.5 Å². The fraction of sp³-hybridized carbons (Fsp3) is 0.333. The number of unbranched alkanes of at least 4 members (excludes halogenated alkanes) is 3. The largest absolute Gasteiger partial charge is 0.494 e. The van der Waals surface area contributed by atoms with Crippen LogP contribution in [-0.4, -0.2) is 32.9 Å². The average molecular weight is 356 g/mol. The monoisotopic (exact) mass is 356 g/mol. The Kier molecular flexibility index (Phi) is 8.19. The second-order valence-electron chi connectivity index (χ2n) is 5.83. The van der Waals surface area contributed by atoms with Crippen LogP contribution >= 0.6 is 0 Å². The number of hydrogen-bond acceptors (Lipinski definition) is 5. The van der Waals surface area contributed by atoms with Crippen molar-refractivity contribution in [1.29, 1.82) is 0 Å². The quantitative estimate of drug-likeness (QED) is 0.418. The zero-order valence-corrected chi connectivity index (χ0v) is 15.0. The summed E-state index contributed by atoms with van der Waals surface area (Å²) >= 11 is 0. The normalized spacial score (nSPS) is 10.2. The zero-order valence-electron chi connectivity index (χ0n) is 15.0. The van der Waals surface area contributed by atoms with Crippen molar-refractivity contribution in [3.8, 4) is 17.2 Å². The van der Waals surface area contributed by atoms with Gasteiger partial charge in [0.15, 0.2) is 11.5 Å². The molecule has 0 aromatic heterocycles. The molecule has 138 valence electrons. The van der Waals surface area contributed by atoms with Crippen LogP contribution < -0.4 is 14.2 Å². The van der Waals surface area contributed by atoms with Crippen LogP contribution in [-0.2, 0) is 0 Å². The van der Waals surface area contributed by atoms with Crippen LogP contribution in [0.5, 0.6) is 17.2 Å². The highest BCUT2D eigenvalue weighted by Crippen LogP contribution is 2.27. The second kappa shape index (κ2) is 10.9. The van der Waals surface area contributed by atoms with Crippen LogP contribution in [0.4, 0.5) is 0 Å². The molecular weight excluding hydrogens is 332 g/mol. The van der Waals surface area contributed by atoms with Crippen LogP contribution in [0.1, 0.15) is 46.4 Å². The van der Waals surface area contributed by atoms with Gasteiger partial charge < -0.3 is 14.2 Å². The minimum atomic E-state index is 0.565. The number of rotatable bonds is 12. The Labute approximate surface area is 153 Å². The molecule has 2 rings (SSSR count). The summed E-state index contributed by atoms with van der Waals surface area (Å²) in [6.45, 7) is 1.26. The van der Waals surface area contributed by atoms with Gasteiger partial charge in [0.05, 0.1) is 20.3 Å². The van der Waals surface area contributed by atoms with Crippen molar-refractivity contribution in [2.24, 2.45) is 0 Å². The maximum absolute atomic E-state index is 10.8. The van der Waals surface area contributed by atoms with Crippen molar-refractivity contribution in [3.63, 3.8) is 0 Å². The number of ether oxygens (including phenoxy) is 3. The van der Waals surface area contributed by atoms with Gasteiger partial charge in [-0.3, -0.25) is 9.59 Å². The minimum absolute atomic E-state index is 0.565. The molecule has 0 atom stereocenters. The van der Waals surface area contributed by atoms with Gasteiger partial charge >= 0.3 is 0 Å². The molecule has 0 N–H and O–H groups in total. The molecule has 0 amide bonds. The predicted molar refractivity (Wildman–Crippen MR) is 99.7 cm³/mol. The molecule has 0 bridgehead atoms. The molecule has 0 spiro atoms. The molecule has 2 aromatic rings. The first-order chi connectivity index (χ1) is 12.8. The molecular formula is C21H24O5. The third-order valence-corrected chi connectivity index (χ3v) is 3.90. The smallest absolute Gasteiger partial charge is 0.161 e. The zero-order chi connectivity index (χ0) is 18.6. The lowest BCUT2D eigenvalue weighted by Gasteiger charge is -2.11. The lowest BCUT2D eigenvalue weighted by Crippen LogP contribution is -2.01. The number of aldehydes is 2. The van der Waals surface area contributed by atoms with Crippen LogP contribution in [0, 0.1) is 0 Å². The first-order valence-corrected chi connectivity index (χ1v) is 8.71. The van der Waals surface area contributed by atoms with Crippen molar-refractivity contribution >= 4 is 12.6 Å². The van der Waals surface area contributed by atoms with E-state index in [1.54, 1.807) is 49.6 Å². The van der Waals surface area contributed by atoms with Gasteiger partial charge in [-0.15, -0.1) is 0 Å². The van der Waals surface area contributed by atoms with Crippen LogP contribution in [0.25, 0.3) is 0 Å². The maximum Gasteiger partial charge on any atom is 0.161 e. The highest BCUT2D eigenvalue weighted by atomic mass is 16.5. The van der Waals surface area contributed by atoms with E-state index < -0.39 is 0 Å². The van der Waals surface area contributed by atoms with E-state index in [1.165, 1.54) is 0 Å². The molecule has 0 heterocycles. The van der Waals surface area contributed by atoms with E-state index in [-0.39, 0.29) is 0 Å². The summed E-state index contributed by atoms with van der Waals surface area (Å²) in [5, 5.41) is 0. The summed E-state index contributed by atoms with van der Waals surface area (Å²) < 4.78 is 16.6. The van der Waals surface area contributed by atoms with E-state index >= 15 is 0 Å². The summed E-state index contributed by atoms with van der Waals surface area (Å²) in [5.41, 5.74) is 1.21. The molecule has 5 nitrogen and oxygen atoms in total. The van der Waals surface area contributed by atoms with E-state index in [4.69, 9.17) is 14.2 Å². The Hall–Kier alpha value is -2.82. The molecule has 0 aliphatic heterocycles. The van der Waals surface area contributed by atoms with Gasteiger partial charge in [0.1, 0.15) is 18.3 Å². The SMILES string of the molecule is COc1cc(C=O)ccc1OCCCCCCOc1ccc(C=O)cc1. The van der Waals surface area contributed by atoms with Crippen molar-refractivity contribution in [2.75, 3.05) is 20.3 Å². The number of carbonyl (C=O) groups excluding carboxylic acids is 2. The van der Waals surface area contributed by atoms with Crippen molar-refractivity contribution in [3.05, 3.63) is 53.6 Å². The molecule has 0 fully saturated rings. The van der Waals surface area contributed by atoms with Crippen molar-refractivity contribution in [1.82, 2.24) is 0 Å². The van der Waals surface area contributed by atoms with Crippen LogP contribution in [0.2, 0.25) is 0 Å². The first-order valence-electron chi connectivity index (χ1n) is 8.71. The Morgan fingerprint density at radius 3 is 1.96 bits per heavy atom. The summed E-state index contributed by atoms with van der Waals surface area (Å²) in [4.78, 5) is 21.4. The Morgan fingerprint density at radius 2 is 1.35 bits per heavy atom. The molecule has 26 heavy (non-hydrogen) atoms. The molecule has 0 saturated carbocycles. The van der Waals surface area contributed by atoms with Gasteiger partial charge in [-0.05, 0) is 68.1 Å². The highest BCUT2D eigenvalue weighted by Gasteiger charge is 2.05. The summed E-state index contributed by atoms with van der Waals surface area (Å²) in [5.74, 6) is 2.01. The number of benzene rings is 2. The first kappa shape index (κ1) is 19.5. The molecule has 5 heteroatoms. The average Bonchev–Trinajstić information content (AvgIpc) is 2.70. The van der Waals surface area contributed by atoms with Crippen LogP contribution in [0.3, 0.4) is 0 Å². The van der Waals surface area contributed by atoms with Gasteiger partial charge in [-0.2, -0.15) is 0 Å². The van der Waals surface area contributed by atoms with Crippen molar-refractivity contribution < 1.29 is 23.8 Å². The fourth-order valence-electron chi connectivity index (χ4n) is 2.45. The van der Waals surface area contributed by atoms with Crippen molar-refractivity contribution in [2.45, 2.75) is 25.7 Å². The Bertz CT molecular complexity index is 694. The Balaban J connectivity index is 1.58. The second-order valence-corrected chi connectivity index (χ2v) is 5.83. The molecule has 0 aliphatic carbocycles. The standard InChI is InChI=1S/C21H24O5/c1-24-21-14-18(16-23)8-11-20(21)26-13-5-3-2-4-12-25-19-9-6-17(15-22)7-10-19/h6-11,14-16H,2-5,12-13H2,1H3. The molecule has 2 aromatic carbocycles. The van der Waals surface area contributed by atoms with E-state index in [0.29, 0.717) is 35.8 Å². The van der Waals surface area contributed by atoms with Gasteiger partial charge in [0.25, 0.3) is 0 Å². The van der Waals surface area contributed by atoms with E-state index in [1.807, 2.05) is 0 Å². The lowest BCUT2D eigenvalue weighted by molar-refractivity contribution is 0.111. The van der Waals surface area contributed by atoms with E-state index in [2.05, 4.69) is 0 Å². The predicted octanol–water partition coefficient (Wildman–Crippen LogP) is 4.34. The van der Waals surface area contributed by atoms with Gasteiger partial charge in [0.2, 0.25) is 0 Å². The van der Waals surface area contributed by atoms with E-state index in [9.17, 15) is 9.59 Å².